The largest absolute Gasteiger partial charge is 0.330 e. The van der Waals surface area contributed by atoms with Crippen molar-refractivity contribution in [3.05, 3.63) is 70.8 Å². The van der Waals surface area contributed by atoms with Gasteiger partial charge in [-0.05, 0) is 74.0 Å². The number of rotatable bonds is 4. The second-order valence-corrected chi connectivity index (χ2v) is 8.89. The molecule has 2 saturated heterocycles. The van der Waals surface area contributed by atoms with Crippen LogP contribution in [0.4, 0.5) is 0 Å². The maximum atomic E-state index is 12.9. The van der Waals surface area contributed by atoms with Gasteiger partial charge in [-0.3, -0.25) is 9.69 Å². The summed E-state index contributed by atoms with van der Waals surface area (Å²) in [7, 11) is 0. The van der Waals surface area contributed by atoms with Gasteiger partial charge in [0.25, 0.3) is 5.91 Å². The number of amides is 1. The first-order valence-corrected chi connectivity index (χ1v) is 11.2. The zero-order valence-electron chi connectivity index (χ0n) is 17.1. The summed E-state index contributed by atoms with van der Waals surface area (Å²) in [5.41, 5.74) is 5.00. The Morgan fingerprint density at radius 2 is 1.83 bits per heavy atom. The number of nitrogens with zero attached hydrogens (tertiary/aromatic N) is 2. The molecule has 152 valence electrons. The quantitative estimate of drug-likeness (QED) is 0.865. The zero-order valence-corrected chi connectivity index (χ0v) is 17.1. The molecule has 0 saturated carbocycles. The van der Waals surface area contributed by atoms with E-state index in [-0.39, 0.29) is 5.91 Å². The van der Waals surface area contributed by atoms with Crippen molar-refractivity contribution in [2.75, 3.05) is 26.2 Å². The lowest BCUT2D eigenvalue weighted by molar-refractivity contribution is 0.0674. The monoisotopic (exact) mass is 389 g/mol. The first-order valence-electron chi connectivity index (χ1n) is 11.2. The van der Waals surface area contributed by atoms with Crippen molar-refractivity contribution in [2.45, 2.75) is 50.7 Å². The van der Waals surface area contributed by atoms with E-state index < -0.39 is 0 Å². The van der Waals surface area contributed by atoms with E-state index in [1.54, 1.807) is 0 Å². The molecule has 2 aromatic rings. The maximum absolute atomic E-state index is 12.9. The summed E-state index contributed by atoms with van der Waals surface area (Å²) in [6, 6.07) is 17.8. The minimum atomic E-state index is 0.234. The van der Waals surface area contributed by atoms with Crippen LogP contribution in [-0.4, -0.2) is 47.9 Å². The standard InChI is InChI=1S/C25H31N3O/c29-25-24-9-8-21(15-22(24)18-28(25)23-7-4-12-26-16-23)20-10-13-27(14-11-20)17-19-5-2-1-3-6-19/h1-3,5-6,8-9,15,20,23,26H,4,7,10-14,16-18H2. The fourth-order valence-corrected chi connectivity index (χ4v) is 5.28. The summed E-state index contributed by atoms with van der Waals surface area (Å²) in [5.74, 6) is 0.853. The molecule has 1 unspecified atom stereocenters. The fourth-order valence-electron chi connectivity index (χ4n) is 5.28. The highest BCUT2D eigenvalue weighted by Crippen LogP contribution is 2.33. The van der Waals surface area contributed by atoms with Crippen molar-refractivity contribution >= 4 is 5.91 Å². The van der Waals surface area contributed by atoms with Crippen molar-refractivity contribution in [3.63, 3.8) is 0 Å². The molecule has 3 heterocycles. The van der Waals surface area contributed by atoms with Crippen molar-refractivity contribution in [3.8, 4) is 0 Å². The lowest BCUT2D eigenvalue weighted by atomic mass is 9.87. The number of carbonyl (C=O) groups excluding carboxylic acids is 1. The predicted molar refractivity (Wildman–Crippen MR) is 116 cm³/mol. The molecular weight excluding hydrogens is 358 g/mol. The van der Waals surface area contributed by atoms with E-state index in [9.17, 15) is 4.79 Å². The molecule has 5 rings (SSSR count). The van der Waals surface area contributed by atoms with Crippen LogP contribution >= 0.6 is 0 Å². The summed E-state index contributed by atoms with van der Waals surface area (Å²) in [4.78, 5) is 17.6. The van der Waals surface area contributed by atoms with Gasteiger partial charge in [0.15, 0.2) is 0 Å². The summed E-state index contributed by atoms with van der Waals surface area (Å²) in [6.45, 7) is 6.16. The van der Waals surface area contributed by atoms with E-state index >= 15 is 0 Å². The van der Waals surface area contributed by atoms with Crippen molar-refractivity contribution in [1.29, 1.82) is 0 Å². The molecule has 1 N–H and O–H groups in total. The normalized spacial score (nSPS) is 23.4. The summed E-state index contributed by atoms with van der Waals surface area (Å²) in [5, 5.41) is 3.45. The Morgan fingerprint density at radius 1 is 1.00 bits per heavy atom. The van der Waals surface area contributed by atoms with Crippen LogP contribution in [0.3, 0.4) is 0 Å². The van der Waals surface area contributed by atoms with Gasteiger partial charge in [0, 0.05) is 31.2 Å². The number of benzene rings is 2. The number of piperidine rings is 2. The first-order chi connectivity index (χ1) is 14.3. The Labute approximate surface area is 173 Å². The number of hydrogen-bond donors (Lipinski definition) is 1. The van der Waals surface area contributed by atoms with Crippen LogP contribution in [0.25, 0.3) is 0 Å². The Morgan fingerprint density at radius 3 is 2.59 bits per heavy atom. The van der Waals surface area contributed by atoms with Crippen LogP contribution < -0.4 is 5.32 Å². The van der Waals surface area contributed by atoms with Crippen molar-refractivity contribution in [1.82, 2.24) is 15.1 Å². The van der Waals surface area contributed by atoms with Gasteiger partial charge in [0.1, 0.15) is 0 Å². The molecule has 0 radical (unpaired) electrons. The highest BCUT2D eigenvalue weighted by Gasteiger charge is 2.34. The van der Waals surface area contributed by atoms with E-state index in [2.05, 4.69) is 63.6 Å². The molecule has 2 fully saturated rings. The lowest BCUT2D eigenvalue weighted by Crippen LogP contribution is -2.46. The van der Waals surface area contributed by atoms with Crippen LogP contribution in [0.1, 0.15) is 58.6 Å². The van der Waals surface area contributed by atoms with Gasteiger partial charge < -0.3 is 10.2 Å². The molecule has 0 spiro atoms. The average molecular weight is 390 g/mol. The molecule has 4 heteroatoms. The van der Waals surface area contributed by atoms with Crippen molar-refractivity contribution < 1.29 is 4.79 Å². The second-order valence-electron chi connectivity index (χ2n) is 8.89. The smallest absolute Gasteiger partial charge is 0.254 e. The highest BCUT2D eigenvalue weighted by atomic mass is 16.2. The molecule has 1 amide bonds. The molecule has 4 nitrogen and oxygen atoms in total. The Bertz CT molecular complexity index is 852. The summed E-state index contributed by atoms with van der Waals surface area (Å²) >= 11 is 0. The SMILES string of the molecule is O=C1c2ccc(C3CCN(Cc4ccccc4)CC3)cc2CN1C1CCCNC1. The van der Waals surface area contributed by atoms with Crippen LogP contribution in [0.5, 0.6) is 0 Å². The predicted octanol–water partition coefficient (Wildman–Crippen LogP) is 3.77. The molecule has 3 aliphatic heterocycles. The Hall–Kier alpha value is -2.17. The topological polar surface area (TPSA) is 35.6 Å². The lowest BCUT2D eigenvalue weighted by Gasteiger charge is -2.32. The van der Waals surface area contributed by atoms with Crippen LogP contribution in [0.2, 0.25) is 0 Å². The van der Waals surface area contributed by atoms with Gasteiger partial charge in [0.2, 0.25) is 0 Å². The molecule has 29 heavy (non-hydrogen) atoms. The van der Waals surface area contributed by atoms with E-state index in [1.165, 1.54) is 29.5 Å². The van der Waals surface area contributed by atoms with E-state index in [1.807, 2.05) is 0 Å². The molecule has 2 aromatic carbocycles. The number of hydrogen-bond acceptors (Lipinski definition) is 3. The van der Waals surface area contributed by atoms with Gasteiger partial charge in [-0.1, -0.05) is 42.5 Å². The second kappa shape index (κ2) is 8.29. The molecule has 0 aromatic heterocycles. The molecule has 3 aliphatic rings. The summed E-state index contributed by atoms with van der Waals surface area (Å²) in [6.07, 6.45) is 4.70. The van der Waals surface area contributed by atoms with Gasteiger partial charge in [0.05, 0.1) is 0 Å². The third kappa shape index (κ3) is 3.96. The molecule has 0 bridgehead atoms. The third-order valence-electron chi connectivity index (χ3n) is 6.98. The van der Waals surface area contributed by atoms with Gasteiger partial charge in [-0.2, -0.15) is 0 Å². The van der Waals surface area contributed by atoms with Gasteiger partial charge in [-0.25, -0.2) is 0 Å². The van der Waals surface area contributed by atoms with Crippen LogP contribution in [-0.2, 0) is 13.1 Å². The van der Waals surface area contributed by atoms with Crippen molar-refractivity contribution in [2.24, 2.45) is 0 Å². The van der Waals surface area contributed by atoms with Crippen LogP contribution in [0, 0.1) is 0 Å². The molecular formula is C25H31N3O. The van der Waals surface area contributed by atoms with E-state index in [0.717, 1.165) is 57.7 Å². The number of fused-ring (bicyclic) bond motifs is 1. The van der Waals surface area contributed by atoms with E-state index in [4.69, 9.17) is 0 Å². The Kier molecular flexibility index (Phi) is 5.38. The maximum Gasteiger partial charge on any atom is 0.254 e. The number of likely N-dealkylation sites (tertiary alicyclic amines) is 1. The number of carbonyl (C=O) groups is 1. The average Bonchev–Trinajstić information content (AvgIpc) is 3.11. The van der Waals surface area contributed by atoms with Gasteiger partial charge in [-0.15, -0.1) is 0 Å². The minimum absolute atomic E-state index is 0.234. The summed E-state index contributed by atoms with van der Waals surface area (Å²) < 4.78 is 0. The fraction of sp³-hybridized carbons (Fsp3) is 0.480. The molecule has 1 atom stereocenters. The first kappa shape index (κ1) is 18.8. The third-order valence-corrected chi connectivity index (χ3v) is 6.98. The Balaban J connectivity index is 1.22. The molecule has 0 aliphatic carbocycles. The highest BCUT2D eigenvalue weighted by molar-refractivity contribution is 5.98. The van der Waals surface area contributed by atoms with E-state index in [0.29, 0.717) is 12.0 Å². The number of nitrogens with one attached hydrogen (secondary N) is 1. The van der Waals surface area contributed by atoms with Gasteiger partial charge >= 0.3 is 0 Å². The van der Waals surface area contributed by atoms with Crippen LogP contribution in [0.15, 0.2) is 48.5 Å². The zero-order chi connectivity index (χ0) is 19.6. The minimum Gasteiger partial charge on any atom is -0.330 e.